The summed E-state index contributed by atoms with van der Waals surface area (Å²) in [6.45, 7) is 7.43. The summed E-state index contributed by atoms with van der Waals surface area (Å²) in [5.74, 6) is 0.400. The molecule has 0 spiro atoms. The number of piperidine rings is 1. The Labute approximate surface area is 195 Å². The normalized spacial score (nSPS) is 20.9. The lowest BCUT2D eigenvalue weighted by molar-refractivity contribution is -0.139. The molecule has 0 saturated carbocycles. The van der Waals surface area contributed by atoms with Crippen LogP contribution in [0.3, 0.4) is 0 Å². The first-order valence-corrected chi connectivity index (χ1v) is 11.8. The summed E-state index contributed by atoms with van der Waals surface area (Å²) in [5, 5.41) is 2.93. The SMILES string of the molecule is C[C@@H]1CCC[C@H](C)N1C(=O)COc1ccc(C(=O)Nc2ccc(N3CCOCC3)cc2)cc1. The Bertz CT molecular complexity index is 929. The highest BCUT2D eigenvalue weighted by atomic mass is 16.5. The van der Waals surface area contributed by atoms with Crippen molar-refractivity contribution in [1.29, 1.82) is 0 Å². The summed E-state index contributed by atoms with van der Waals surface area (Å²) in [7, 11) is 0. The van der Waals surface area contributed by atoms with Crippen molar-refractivity contribution in [3.05, 3.63) is 54.1 Å². The predicted octanol–water partition coefficient (Wildman–Crippen LogP) is 3.94. The van der Waals surface area contributed by atoms with Gasteiger partial charge in [0.1, 0.15) is 5.75 Å². The van der Waals surface area contributed by atoms with Crippen LogP contribution in [-0.2, 0) is 9.53 Å². The minimum atomic E-state index is -0.187. The van der Waals surface area contributed by atoms with E-state index in [0.29, 0.717) is 11.3 Å². The fourth-order valence-corrected chi connectivity index (χ4v) is 4.62. The average molecular weight is 452 g/mol. The number of nitrogens with zero attached hydrogens (tertiary/aromatic N) is 2. The zero-order valence-electron chi connectivity index (χ0n) is 19.5. The standard InChI is InChI=1S/C26H33N3O4/c1-19-4-3-5-20(2)29(19)25(30)18-33-24-12-6-21(7-13-24)26(31)27-22-8-10-23(11-9-22)28-14-16-32-17-15-28/h6-13,19-20H,3-5,14-18H2,1-2H3,(H,27,31)/t19-,20+. The van der Waals surface area contributed by atoms with Crippen LogP contribution >= 0.6 is 0 Å². The number of benzene rings is 2. The Kier molecular flexibility index (Phi) is 7.50. The van der Waals surface area contributed by atoms with Crippen molar-refractivity contribution in [2.24, 2.45) is 0 Å². The Balaban J connectivity index is 1.28. The maximum absolute atomic E-state index is 12.6. The van der Waals surface area contributed by atoms with Gasteiger partial charge in [0.2, 0.25) is 0 Å². The van der Waals surface area contributed by atoms with Crippen molar-refractivity contribution in [1.82, 2.24) is 4.90 Å². The van der Waals surface area contributed by atoms with E-state index >= 15 is 0 Å². The molecule has 2 atom stereocenters. The fourth-order valence-electron chi connectivity index (χ4n) is 4.62. The van der Waals surface area contributed by atoms with Gasteiger partial charge < -0.3 is 24.6 Å². The second-order valence-electron chi connectivity index (χ2n) is 8.84. The second kappa shape index (κ2) is 10.7. The molecule has 7 heteroatoms. The van der Waals surface area contributed by atoms with E-state index < -0.39 is 0 Å². The first-order chi connectivity index (χ1) is 16.0. The number of carbonyl (C=O) groups is 2. The molecule has 33 heavy (non-hydrogen) atoms. The molecule has 2 aromatic rings. The number of carbonyl (C=O) groups excluding carboxylic acids is 2. The molecule has 1 N–H and O–H groups in total. The Morgan fingerprint density at radius 1 is 0.970 bits per heavy atom. The van der Waals surface area contributed by atoms with Crippen LogP contribution in [0.25, 0.3) is 0 Å². The summed E-state index contributed by atoms with van der Waals surface area (Å²) < 4.78 is 11.1. The molecule has 2 heterocycles. The Morgan fingerprint density at radius 2 is 1.61 bits per heavy atom. The molecule has 2 aromatic carbocycles. The fraction of sp³-hybridized carbons (Fsp3) is 0.462. The van der Waals surface area contributed by atoms with Crippen LogP contribution in [0.1, 0.15) is 43.5 Å². The van der Waals surface area contributed by atoms with Crippen LogP contribution in [0.4, 0.5) is 11.4 Å². The van der Waals surface area contributed by atoms with Crippen LogP contribution in [0.15, 0.2) is 48.5 Å². The van der Waals surface area contributed by atoms with Gasteiger partial charge in [0.15, 0.2) is 6.61 Å². The highest BCUT2D eigenvalue weighted by Gasteiger charge is 2.29. The highest BCUT2D eigenvalue weighted by Crippen LogP contribution is 2.23. The predicted molar refractivity (Wildman–Crippen MR) is 129 cm³/mol. The summed E-state index contributed by atoms with van der Waals surface area (Å²) >= 11 is 0. The minimum absolute atomic E-state index is 0.00964. The Hall–Kier alpha value is -3.06. The molecule has 4 rings (SSSR count). The van der Waals surface area contributed by atoms with Gasteiger partial charge in [0.05, 0.1) is 13.2 Å². The van der Waals surface area contributed by atoms with Crippen molar-refractivity contribution < 1.29 is 19.1 Å². The molecule has 176 valence electrons. The van der Waals surface area contributed by atoms with Gasteiger partial charge in [-0.05, 0) is 81.6 Å². The van der Waals surface area contributed by atoms with Gasteiger partial charge in [-0.15, -0.1) is 0 Å². The first kappa shape index (κ1) is 23.1. The van der Waals surface area contributed by atoms with Crippen molar-refractivity contribution in [3.63, 3.8) is 0 Å². The van der Waals surface area contributed by atoms with Crippen molar-refractivity contribution >= 4 is 23.2 Å². The molecule has 0 aliphatic carbocycles. The van der Waals surface area contributed by atoms with Crippen molar-refractivity contribution in [3.8, 4) is 5.75 Å². The topological polar surface area (TPSA) is 71.1 Å². The number of amides is 2. The van der Waals surface area contributed by atoms with Crippen LogP contribution in [0.5, 0.6) is 5.75 Å². The molecular weight excluding hydrogens is 418 g/mol. The number of ether oxygens (including phenoxy) is 2. The smallest absolute Gasteiger partial charge is 0.260 e. The van der Waals surface area contributed by atoms with Gasteiger partial charge >= 0.3 is 0 Å². The van der Waals surface area contributed by atoms with Crippen LogP contribution in [0.2, 0.25) is 0 Å². The highest BCUT2D eigenvalue weighted by molar-refractivity contribution is 6.04. The lowest BCUT2D eigenvalue weighted by Crippen LogP contribution is -2.49. The van der Waals surface area contributed by atoms with E-state index in [9.17, 15) is 9.59 Å². The van der Waals surface area contributed by atoms with E-state index in [-0.39, 0.29) is 30.5 Å². The zero-order chi connectivity index (χ0) is 23.2. The maximum Gasteiger partial charge on any atom is 0.260 e. The third kappa shape index (κ3) is 5.85. The Morgan fingerprint density at radius 3 is 2.24 bits per heavy atom. The molecule has 7 nitrogen and oxygen atoms in total. The van der Waals surface area contributed by atoms with E-state index in [4.69, 9.17) is 9.47 Å². The number of morpholine rings is 1. The first-order valence-electron chi connectivity index (χ1n) is 11.8. The lowest BCUT2D eigenvalue weighted by Gasteiger charge is -2.38. The van der Waals surface area contributed by atoms with Gasteiger partial charge in [0.25, 0.3) is 11.8 Å². The van der Waals surface area contributed by atoms with Gasteiger partial charge in [-0.25, -0.2) is 0 Å². The van der Waals surface area contributed by atoms with E-state index in [0.717, 1.165) is 56.9 Å². The number of nitrogens with one attached hydrogen (secondary N) is 1. The van der Waals surface area contributed by atoms with E-state index in [1.165, 1.54) is 0 Å². The van der Waals surface area contributed by atoms with Gasteiger partial charge in [-0.2, -0.15) is 0 Å². The van der Waals surface area contributed by atoms with Crippen LogP contribution in [0, 0.1) is 0 Å². The quantitative estimate of drug-likeness (QED) is 0.720. The molecule has 2 aliphatic rings. The van der Waals surface area contributed by atoms with Crippen molar-refractivity contribution in [2.75, 3.05) is 43.1 Å². The minimum Gasteiger partial charge on any atom is -0.484 e. The van der Waals surface area contributed by atoms with Crippen molar-refractivity contribution in [2.45, 2.75) is 45.2 Å². The molecule has 0 unspecified atom stereocenters. The second-order valence-corrected chi connectivity index (χ2v) is 8.84. The number of hydrogen-bond donors (Lipinski definition) is 1. The summed E-state index contributed by atoms with van der Waals surface area (Å²) in [6.07, 6.45) is 3.24. The molecular formula is C26H33N3O4. The van der Waals surface area contributed by atoms with Gasteiger partial charge in [-0.3, -0.25) is 9.59 Å². The van der Waals surface area contributed by atoms with Crippen LogP contribution in [-0.4, -0.2) is 61.7 Å². The number of rotatable bonds is 6. The summed E-state index contributed by atoms with van der Waals surface area (Å²) in [5.41, 5.74) is 2.40. The summed E-state index contributed by atoms with van der Waals surface area (Å²) in [6, 6.07) is 15.2. The summed E-state index contributed by atoms with van der Waals surface area (Å²) in [4.78, 5) is 29.4. The molecule has 2 saturated heterocycles. The number of hydrogen-bond acceptors (Lipinski definition) is 5. The van der Waals surface area contributed by atoms with Gasteiger partial charge in [0, 0.05) is 42.1 Å². The average Bonchev–Trinajstić information content (AvgIpc) is 2.84. The third-order valence-corrected chi connectivity index (χ3v) is 6.46. The maximum atomic E-state index is 12.6. The third-order valence-electron chi connectivity index (χ3n) is 6.46. The molecule has 0 radical (unpaired) electrons. The molecule has 0 aromatic heterocycles. The number of likely N-dealkylation sites (tertiary alicyclic amines) is 1. The zero-order valence-corrected chi connectivity index (χ0v) is 19.5. The molecule has 0 bridgehead atoms. The molecule has 2 fully saturated rings. The van der Waals surface area contributed by atoms with E-state index in [1.54, 1.807) is 24.3 Å². The molecule has 2 aliphatic heterocycles. The monoisotopic (exact) mass is 451 g/mol. The van der Waals surface area contributed by atoms with E-state index in [2.05, 4.69) is 24.1 Å². The largest absolute Gasteiger partial charge is 0.484 e. The van der Waals surface area contributed by atoms with Gasteiger partial charge in [-0.1, -0.05) is 0 Å². The lowest BCUT2D eigenvalue weighted by atomic mass is 9.97. The van der Waals surface area contributed by atoms with Crippen LogP contribution < -0.4 is 15.0 Å². The molecule has 2 amide bonds. The number of anilines is 2. The van der Waals surface area contributed by atoms with E-state index in [1.807, 2.05) is 29.2 Å².